The topological polar surface area (TPSA) is 92.8 Å². The number of nitrogens with two attached hydrogens (primary N) is 1. The van der Waals surface area contributed by atoms with Crippen molar-refractivity contribution in [1.82, 2.24) is 24.6 Å². The van der Waals surface area contributed by atoms with E-state index in [2.05, 4.69) is 27.0 Å². The summed E-state index contributed by atoms with van der Waals surface area (Å²) < 4.78 is 1.74. The number of H-pyrrole nitrogens is 1. The third-order valence-electron chi connectivity index (χ3n) is 4.25. The Balaban J connectivity index is 1.80. The van der Waals surface area contributed by atoms with E-state index in [1.807, 2.05) is 0 Å². The Morgan fingerprint density at radius 2 is 2.25 bits per heavy atom. The summed E-state index contributed by atoms with van der Waals surface area (Å²) in [5.74, 6) is 0. The Morgan fingerprint density at radius 3 is 2.95 bits per heavy atom. The SMILES string of the molecule is CC(CN)N1CCC(n2cnc3cn[nH]c3c2=O)CC1. The Bertz CT molecular complexity index is 640. The lowest BCUT2D eigenvalue weighted by Crippen LogP contribution is -2.44. The first-order valence-corrected chi connectivity index (χ1v) is 7.05. The summed E-state index contributed by atoms with van der Waals surface area (Å²) in [6.45, 7) is 4.75. The van der Waals surface area contributed by atoms with E-state index in [4.69, 9.17) is 5.73 Å². The molecule has 3 heterocycles. The molecule has 1 atom stereocenters. The molecule has 3 N–H and O–H groups in total. The molecule has 1 fully saturated rings. The molecule has 3 rings (SSSR count). The molecule has 1 unspecified atom stereocenters. The van der Waals surface area contributed by atoms with Crippen LogP contribution in [0.15, 0.2) is 17.3 Å². The van der Waals surface area contributed by atoms with Crippen LogP contribution in [0.1, 0.15) is 25.8 Å². The predicted molar refractivity (Wildman–Crippen MR) is 76.5 cm³/mol. The average Bonchev–Trinajstić information content (AvgIpc) is 2.96. The van der Waals surface area contributed by atoms with Gasteiger partial charge in [-0.2, -0.15) is 5.10 Å². The zero-order valence-electron chi connectivity index (χ0n) is 11.6. The van der Waals surface area contributed by atoms with Crippen LogP contribution in [0.3, 0.4) is 0 Å². The van der Waals surface area contributed by atoms with Crippen LogP contribution in [0.2, 0.25) is 0 Å². The van der Waals surface area contributed by atoms with Gasteiger partial charge in [0.2, 0.25) is 0 Å². The minimum absolute atomic E-state index is 0.0298. The van der Waals surface area contributed by atoms with E-state index in [0.717, 1.165) is 25.9 Å². The van der Waals surface area contributed by atoms with Crippen molar-refractivity contribution >= 4 is 11.0 Å². The third-order valence-corrected chi connectivity index (χ3v) is 4.25. The Kier molecular flexibility index (Phi) is 3.54. The number of aromatic amines is 1. The smallest absolute Gasteiger partial charge is 0.279 e. The van der Waals surface area contributed by atoms with Gasteiger partial charge in [-0.3, -0.25) is 19.4 Å². The summed E-state index contributed by atoms with van der Waals surface area (Å²) in [6, 6.07) is 0.616. The number of piperidine rings is 1. The zero-order valence-corrected chi connectivity index (χ0v) is 11.6. The summed E-state index contributed by atoms with van der Waals surface area (Å²) in [4.78, 5) is 19.0. The predicted octanol–water partition coefficient (Wildman–Crippen LogP) is 0.104. The van der Waals surface area contributed by atoms with E-state index in [9.17, 15) is 4.79 Å². The molecule has 1 aliphatic rings. The van der Waals surface area contributed by atoms with Crippen molar-refractivity contribution < 1.29 is 0 Å². The quantitative estimate of drug-likeness (QED) is 0.829. The van der Waals surface area contributed by atoms with Crippen LogP contribution in [0.4, 0.5) is 0 Å². The van der Waals surface area contributed by atoms with Crippen molar-refractivity contribution in [3.05, 3.63) is 22.9 Å². The van der Waals surface area contributed by atoms with Crippen LogP contribution in [-0.2, 0) is 0 Å². The van der Waals surface area contributed by atoms with Gasteiger partial charge in [0.25, 0.3) is 5.56 Å². The van der Waals surface area contributed by atoms with Crippen LogP contribution in [0.25, 0.3) is 11.0 Å². The van der Waals surface area contributed by atoms with Crippen molar-refractivity contribution in [3.63, 3.8) is 0 Å². The number of nitrogens with one attached hydrogen (secondary N) is 1. The standard InChI is InChI=1S/C13H20N6O/c1-9(6-14)18-4-2-10(3-5-18)19-8-15-11-7-16-17-12(11)13(19)20/h7-10H,2-6,14H2,1H3,(H,16,17). The maximum Gasteiger partial charge on any atom is 0.279 e. The lowest BCUT2D eigenvalue weighted by molar-refractivity contribution is 0.145. The fourth-order valence-corrected chi connectivity index (χ4v) is 2.85. The maximum atomic E-state index is 12.4. The first-order chi connectivity index (χ1) is 9.70. The molecule has 1 aliphatic heterocycles. The third kappa shape index (κ3) is 2.23. The Hall–Kier alpha value is -1.73. The molecule has 0 aliphatic carbocycles. The molecule has 7 nitrogen and oxygen atoms in total. The van der Waals surface area contributed by atoms with E-state index in [-0.39, 0.29) is 11.6 Å². The minimum Gasteiger partial charge on any atom is -0.329 e. The number of likely N-dealkylation sites (tertiary alicyclic amines) is 1. The highest BCUT2D eigenvalue weighted by Gasteiger charge is 2.24. The molecule has 2 aromatic heterocycles. The molecule has 1 saturated heterocycles. The number of hydrogen-bond donors (Lipinski definition) is 2. The molecule has 0 amide bonds. The van der Waals surface area contributed by atoms with Gasteiger partial charge in [-0.15, -0.1) is 0 Å². The van der Waals surface area contributed by atoms with Gasteiger partial charge < -0.3 is 5.73 Å². The molecule has 0 saturated carbocycles. The lowest BCUT2D eigenvalue weighted by atomic mass is 10.0. The van der Waals surface area contributed by atoms with Gasteiger partial charge in [0.05, 0.1) is 12.5 Å². The van der Waals surface area contributed by atoms with Crippen LogP contribution in [-0.4, -0.2) is 50.3 Å². The fourth-order valence-electron chi connectivity index (χ4n) is 2.85. The number of nitrogens with zero attached hydrogens (tertiary/aromatic N) is 4. The van der Waals surface area contributed by atoms with Crippen molar-refractivity contribution in [2.45, 2.75) is 31.8 Å². The second-order valence-corrected chi connectivity index (χ2v) is 5.44. The van der Waals surface area contributed by atoms with E-state index in [0.29, 0.717) is 23.6 Å². The van der Waals surface area contributed by atoms with Crippen LogP contribution in [0, 0.1) is 0 Å². The van der Waals surface area contributed by atoms with Crippen molar-refractivity contribution in [1.29, 1.82) is 0 Å². The molecule has 7 heteroatoms. The molecule has 0 aromatic carbocycles. The van der Waals surface area contributed by atoms with Crippen molar-refractivity contribution in [2.24, 2.45) is 5.73 Å². The van der Waals surface area contributed by atoms with Crippen molar-refractivity contribution in [3.8, 4) is 0 Å². The highest BCUT2D eigenvalue weighted by Crippen LogP contribution is 2.22. The first-order valence-electron chi connectivity index (χ1n) is 7.05. The van der Waals surface area contributed by atoms with Crippen LogP contribution in [0.5, 0.6) is 0 Å². The van der Waals surface area contributed by atoms with Gasteiger partial charge in [-0.05, 0) is 19.8 Å². The van der Waals surface area contributed by atoms with E-state index in [1.165, 1.54) is 0 Å². The summed E-state index contributed by atoms with van der Waals surface area (Å²) in [6.07, 6.45) is 5.12. The molecule has 0 radical (unpaired) electrons. The van der Waals surface area contributed by atoms with Gasteiger partial charge >= 0.3 is 0 Å². The fraction of sp³-hybridized carbons (Fsp3) is 0.615. The van der Waals surface area contributed by atoms with Gasteiger partial charge in [0, 0.05) is 31.7 Å². The van der Waals surface area contributed by atoms with Gasteiger partial charge in [0.15, 0.2) is 0 Å². The normalized spacial score (nSPS) is 19.5. The summed E-state index contributed by atoms with van der Waals surface area (Å²) in [5.41, 5.74) is 6.79. The second-order valence-electron chi connectivity index (χ2n) is 5.44. The van der Waals surface area contributed by atoms with Crippen molar-refractivity contribution in [2.75, 3.05) is 19.6 Å². The van der Waals surface area contributed by atoms with Crippen LogP contribution >= 0.6 is 0 Å². The molecule has 108 valence electrons. The monoisotopic (exact) mass is 276 g/mol. The highest BCUT2D eigenvalue weighted by atomic mass is 16.1. The maximum absolute atomic E-state index is 12.4. The molecule has 0 bridgehead atoms. The summed E-state index contributed by atoms with van der Waals surface area (Å²) in [5, 5.41) is 6.60. The molecule has 0 spiro atoms. The molecular weight excluding hydrogens is 256 g/mol. The summed E-state index contributed by atoms with van der Waals surface area (Å²) >= 11 is 0. The number of fused-ring (bicyclic) bond motifs is 1. The second kappa shape index (κ2) is 5.34. The van der Waals surface area contributed by atoms with Gasteiger partial charge in [-0.25, -0.2) is 4.98 Å². The van der Waals surface area contributed by atoms with Gasteiger partial charge in [-0.1, -0.05) is 0 Å². The van der Waals surface area contributed by atoms with E-state index < -0.39 is 0 Å². The van der Waals surface area contributed by atoms with E-state index in [1.54, 1.807) is 17.1 Å². The van der Waals surface area contributed by atoms with E-state index >= 15 is 0 Å². The Morgan fingerprint density at radius 1 is 1.50 bits per heavy atom. The Labute approximate surface area is 116 Å². The highest BCUT2D eigenvalue weighted by molar-refractivity contribution is 5.71. The van der Waals surface area contributed by atoms with Gasteiger partial charge in [0.1, 0.15) is 11.0 Å². The lowest BCUT2D eigenvalue weighted by Gasteiger charge is -2.36. The number of rotatable bonds is 3. The molecule has 2 aromatic rings. The summed E-state index contributed by atoms with van der Waals surface area (Å²) in [7, 11) is 0. The first kappa shape index (κ1) is 13.3. The van der Waals surface area contributed by atoms with Crippen LogP contribution < -0.4 is 11.3 Å². The largest absolute Gasteiger partial charge is 0.329 e. The number of aromatic nitrogens is 4. The number of hydrogen-bond acceptors (Lipinski definition) is 5. The average molecular weight is 276 g/mol. The minimum atomic E-state index is -0.0298. The molecular formula is C13H20N6O. The molecule has 20 heavy (non-hydrogen) atoms. The zero-order chi connectivity index (χ0) is 14.1.